The van der Waals surface area contributed by atoms with Gasteiger partial charge in [-0.1, -0.05) is 12.1 Å². The molecule has 2 heterocycles. The van der Waals surface area contributed by atoms with E-state index >= 15 is 0 Å². The number of benzene rings is 2. The zero-order valence-electron chi connectivity index (χ0n) is 12.7. The summed E-state index contributed by atoms with van der Waals surface area (Å²) in [6, 6.07) is 15.3. The lowest BCUT2D eigenvalue weighted by molar-refractivity contribution is 0.274. The molecule has 2 aromatic carbocycles. The Bertz CT molecular complexity index is 637. The van der Waals surface area contributed by atoms with Gasteiger partial charge in [0, 0.05) is 23.5 Å². The largest absolute Gasteiger partial charge is 0.457 e. The Kier molecular flexibility index (Phi) is 3.56. The highest BCUT2D eigenvalue weighted by Crippen LogP contribution is 2.31. The van der Waals surface area contributed by atoms with Gasteiger partial charge in [-0.3, -0.25) is 0 Å². The third-order valence-electron chi connectivity index (χ3n) is 4.28. The van der Waals surface area contributed by atoms with Crippen molar-refractivity contribution in [3.63, 3.8) is 0 Å². The fraction of sp³-hybridized carbons (Fsp3) is 0.333. The molecule has 2 aliphatic heterocycles. The van der Waals surface area contributed by atoms with Crippen LogP contribution in [-0.2, 0) is 0 Å². The van der Waals surface area contributed by atoms with Crippen molar-refractivity contribution in [1.82, 2.24) is 0 Å². The highest BCUT2D eigenvalue weighted by atomic mass is 19.1. The number of halogens is 2. The van der Waals surface area contributed by atoms with Crippen molar-refractivity contribution in [3.8, 4) is 11.5 Å². The number of hydrogen-bond donors (Lipinski definition) is 0. The van der Waals surface area contributed by atoms with Crippen LogP contribution in [0.25, 0.3) is 0 Å². The molecular weight excluding hydrogens is 298 g/mol. The first-order valence-corrected chi connectivity index (χ1v) is 7.83. The summed E-state index contributed by atoms with van der Waals surface area (Å²) in [7, 11) is 0. The zero-order valence-corrected chi connectivity index (χ0v) is 12.7. The van der Waals surface area contributed by atoms with E-state index in [0.717, 1.165) is 11.4 Å². The number of anilines is 2. The molecule has 0 aliphatic carbocycles. The van der Waals surface area contributed by atoms with Crippen LogP contribution < -0.4 is 14.5 Å². The van der Waals surface area contributed by atoms with Crippen LogP contribution >= 0.6 is 0 Å². The second-order valence-electron chi connectivity index (χ2n) is 6.10. The lowest BCUT2D eigenvalue weighted by atomic mass is 10.1. The molecule has 0 spiro atoms. The summed E-state index contributed by atoms with van der Waals surface area (Å²) in [4.78, 5) is 3.96. The second-order valence-corrected chi connectivity index (χ2v) is 6.10. The van der Waals surface area contributed by atoms with Gasteiger partial charge < -0.3 is 14.5 Å². The smallest absolute Gasteiger partial charge is 0.135 e. The predicted molar refractivity (Wildman–Crippen MR) is 87.2 cm³/mol. The van der Waals surface area contributed by atoms with E-state index in [-0.39, 0.29) is 0 Å². The molecule has 2 aromatic rings. The fourth-order valence-electron chi connectivity index (χ4n) is 2.89. The van der Waals surface area contributed by atoms with Crippen molar-refractivity contribution in [3.05, 3.63) is 48.5 Å². The van der Waals surface area contributed by atoms with Gasteiger partial charge in [0.2, 0.25) is 0 Å². The first-order valence-electron chi connectivity index (χ1n) is 7.83. The maximum Gasteiger partial charge on any atom is 0.135 e. The molecule has 0 radical (unpaired) electrons. The van der Waals surface area contributed by atoms with Crippen LogP contribution in [0.2, 0.25) is 0 Å². The molecule has 0 aromatic heterocycles. The minimum atomic E-state index is -0.730. The molecule has 2 fully saturated rings. The first-order chi connectivity index (χ1) is 11.2. The predicted octanol–water partition coefficient (Wildman–Crippen LogP) is 3.80. The van der Waals surface area contributed by atoms with E-state index in [2.05, 4.69) is 0 Å². The van der Waals surface area contributed by atoms with Crippen molar-refractivity contribution in [2.45, 2.75) is 12.3 Å². The molecule has 2 aliphatic rings. The summed E-state index contributed by atoms with van der Waals surface area (Å²) >= 11 is 0. The van der Waals surface area contributed by atoms with E-state index in [1.165, 1.54) is 0 Å². The average molecular weight is 316 g/mol. The molecule has 0 saturated carbocycles. The summed E-state index contributed by atoms with van der Waals surface area (Å²) in [5, 5.41) is 0. The molecular formula is C18H18F2N2O. The minimum absolute atomic E-state index is 0.443. The second kappa shape index (κ2) is 5.72. The third kappa shape index (κ3) is 2.96. The third-order valence-corrected chi connectivity index (χ3v) is 4.28. The van der Waals surface area contributed by atoms with Crippen LogP contribution in [0, 0.1) is 0 Å². The molecule has 0 atom stereocenters. The van der Waals surface area contributed by atoms with Gasteiger partial charge >= 0.3 is 0 Å². The Balaban J connectivity index is 1.47. The number of hydrogen-bond acceptors (Lipinski definition) is 3. The van der Waals surface area contributed by atoms with E-state index in [9.17, 15) is 8.78 Å². The molecule has 0 unspecified atom stereocenters. The maximum atomic E-state index is 13.0. The summed E-state index contributed by atoms with van der Waals surface area (Å²) in [6.07, 6.45) is -1.46. The molecule has 120 valence electrons. The Morgan fingerprint density at radius 3 is 1.57 bits per heavy atom. The van der Waals surface area contributed by atoms with Gasteiger partial charge in [0.15, 0.2) is 0 Å². The quantitative estimate of drug-likeness (QED) is 0.853. The van der Waals surface area contributed by atoms with Crippen molar-refractivity contribution >= 4 is 11.4 Å². The fourth-order valence-corrected chi connectivity index (χ4v) is 2.89. The summed E-state index contributed by atoms with van der Waals surface area (Å²) in [5.41, 5.74) is 1.94. The van der Waals surface area contributed by atoms with Gasteiger partial charge in [0.25, 0.3) is 0 Å². The molecule has 0 N–H and O–H groups in total. The molecule has 2 saturated heterocycles. The normalized spacial score (nSPS) is 18.5. The van der Waals surface area contributed by atoms with Crippen molar-refractivity contribution in [2.75, 3.05) is 36.0 Å². The first kappa shape index (κ1) is 14.3. The van der Waals surface area contributed by atoms with Gasteiger partial charge in [-0.2, -0.15) is 0 Å². The van der Waals surface area contributed by atoms with Gasteiger partial charge in [0.05, 0.1) is 26.2 Å². The van der Waals surface area contributed by atoms with Gasteiger partial charge in [-0.25, -0.2) is 8.78 Å². The van der Waals surface area contributed by atoms with E-state index < -0.39 is 12.3 Å². The van der Waals surface area contributed by atoms with E-state index in [0.29, 0.717) is 37.7 Å². The number of nitrogens with zero attached hydrogens (tertiary/aromatic N) is 2. The number of alkyl halides is 2. The van der Waals surface area contributed by atoms with Crippen molar-refractivity contribution in [2.24, 2.45) is 0 Å². The SMILES string of the molecule is FC1CN(c2cccc(Oc3cccc(N4CC(F)C4)c3)c2)C1. The Morgan fingerprint density at radius 1 is 0.739 bits per heavy atom. The Morgan fingerprint density at radius 2 is 1.17 bits per heavy atom. The lowest BCUT2D eigenvalue weighted by Gasteiger charge is -2.36. The molecule has 3 nitrogen and oxygen atoms in total. The summed E-state index contributed by atoms with van der Waals surface area (Å²) in [5.74, 6) is 1.43. The molecule has 0 bridgehead atoms. The van der Waals surface area contributed by atoms with Crippen LogP contribution in [0.3, 0.4) is 0 Å². The highest BCUT2D eigenvalue weighted by Gasteiger charge is 2.27. The monoisotopic (exact) mass is 316 g/mol. The van der Waals surface area contributed by atoms with Crippen LogP contribution in [0.4, 0.5) is 20.2 Å². The maximum absolute atomic E-state index is 13.0. The summed E-state index contributed by atoms with van der Waals surface area (Å²) in [6.45, 7) is 1.77. The van der Waals surface area contributed by atoms with E-state index in [1.54, 1.807) is 0 Å². The van der Waals surface area contributed by atoms with Crippen molar-refractivity contribution < 1.29 is 13.5 Å². The van der Waals surface area contributed by atoms with Crippen LogP contribution in [0.1, 0.15) is 0 Å². The Hall–Kier alpha value is -2.30. The minimum Gasteiger partial charge on any atom is -0.457 e. The van der Waals surface area contributed by atoms with Crippen LogP contribution in [0.15, 0.2) is 48.5 Å². The highest BCUT2D eigenvalue weighted by molar-refractivity contribution is 5.56. The molecule has 23 heavy (non-hydrogen) atoms. The van der Waals surface area contributed by atoms with Gasteiger partial charge in [-0.15, -0.1) is 0 Å². The number of rotatable bonds is 4. The molecule has 4 rings (SSSR count). The molecule has 0 amide bonds. The standard InChI is InChI=1S/C18H18F2N2O/c19-13-9-21(10-13)15-3-1-5-17(7-15)23-18-6-2-4-16(8-18)22-11-14(20)12-22/h1-8,13-14H,9-12H2. The van der Waals surface area contributed by atoms with E-state index in [4.69, 9.17) is 4.74 Å². The lowest BCUT2D eigenvalue weighted by Crippen LogP contribution is -2.48. The van der Waals surface area contributed by atoms with Gasteiger partial charge in [0.1, 0.15) is 23.8 Å². The van der Waals surface area contributed by atoms with Crippen LogP contribution in [0.5, 0.6) is 11.5 Å². The topological polar surface area (TPSA) is 15.7 Å². The van der Waals surface area contributed by atoms with Crippen molar-refractivity contribution in [1.29, 1.82) is 0 Å². The van der Waals surface area contributed by atoms with Gasteiger partial charge in [-0.05, 0) is 24.3 Å². The number of ether oxygens (including phenoxy) is 1. The van der Waals surface area contributed by atoms with Crippen LogP contribution in [-0.4, -0.2) is 38.5 Å². The molecule has 5 heteroatoms. The average Bonchev–Trinajstić information content (AvgIpc) is 2.49. The summed E-state index contributed by atoms with van der Waals surface area (Å²) < 4.78 is 31.9. The zero-order chi connectivity index (χ0) is 15.8. The Labute approximate surface area is 134 Å². The van der Waals surface area contributed by atoms with E-state index in [1.807, 2.05) is 58.3 Å².